The first-order valence-electron chi connectivity index (χ1n) is 8.39. The lowest BCUT2D eigenvalue weighted by atomic mass is 10.2. The van der Waals surface area contributed by atoms with Gasteiger partial charge >= 0.3 is 0 Å². The Balaban J connectivity index is 1.71. The molecule has 3 aromatic rings. The summed E-state index contributed by atoms with van der Waals surface area (Å²) in [4.78, 5) is 0. The van der Waals surface area contributed by atoms with E-state index in [9.17, 15) is 4.39 Å². The zero-order valence-electron chi connectivity index (χ0n) is 14.9. The van der Waals surface area contributed by atoms with Crippen LogP contribution in [0.1, 0.15) is 11.1 Å². The van der Waals surface area contributed by atoms with Gasteiger partial charge in [0.05, 0.1) is 22.2 Å². The lowest BCUT2D eigenvalue weighted by Crippen LogP contribution is -2.02. The lowest BCUT2D eigenvalue weighted by Gasteiger charge is -2.15. The highest BCUT2D eigenvalue weighted by Gasteiger charge is 2.13. The average molecular weight is 441 g/mol. The Morgan fingerprint density at radius 2 is 1.57 bits per heavy atom. The van der Waals surface area contributed by atoms with Crippen molar-refractivity contribution >= 4 is 40.5 Å². The molecule has 0 heterocycles. The van der Waals surface area contributed by atoms with Gasteiger partial charge in [-0.25, -0.2) is 4.39 Å². The number of nitrogens with one attached hydrogen (secondary N) is 1. The van der Waals surface area contributed by atoms with Crippen molar-refractivity contribution in [2.45, 2.75) is 13.2 Å². The molecule has 0 fully saturated rings. The van der Waals surface area contributed by atoms with Gasteiger partial charge in [0.15, 0.2) is 11.5 Å². The van der Waals surface area contributed by atoms with E-state index in [1.54, 1.807) is 37.4 Å². The molecular weight excluding hydrogens is 424 g/mol. The minimum Gasteiger partial charge on any atom is -0.493 e. The van der Waals surface area contributed by atoms with Crippen molar-refractivity contribution in [1.29, 1.82) is 0 Å². The molecular formula is C21H17Cl3FNO2. The Hall–Kier alpha value is -2.14. The van der Waals surface area contributed by atoms with Gasteiger partial charge in [-0.3, -0.25) is 0 Å². The molecule has 0 bridgehead atoms. The minimum absolute atomic E-state index is 0.264. The predicted molar refractivity (Wildman–Crippen MR) is 113 cm³/mol. The van der Waals surface area contributed by atoms with E-state index >= 15 is 0 Å². The first-order chi connectivity index (χ1) is 13.5. The van der Waals surface area contributed by atoms with E-state index in [0.717, 1.165) is 16.8 Å². The number of halogens is 4. The molecule has 0 saturated carbocycles. The summed E-state index contributed by atoms with van der Waals surface area (Å²) in [5.41, 5.74) is 2.55. The predicted octanol–water partition coefficient (Wildman–Crippen LogP) is 6.99. The highest BCUT2D eigenvalue weighted by Crippen LogP contribution is 2.37. The number of benzene rings is 3. The number of rotatable bonds is 7. The van der Waals surface area contributed by atoms with Crippen molar-refractivity contribution in [3.05, 3.63) is 86.6 Å². The fraction of sp³-hybridized carbons (Fsp3) is 0.143. The Bertz CT molecular complexity index is 965. The quantitative estimate of drug-likeness (QED) is 0.429. The van der Waals surface area contributed by atoms with Gasteiger partial charge in [0.2, 0.25) is 0 Å². The van der Waals surface area contributed by atoms with Crippen LogP contribution in [0.5, 0.6) is 11.5 Å². The number of methoxy groups -OCH3 is 1. The monoisotopic (exact) mass is 439 g/mol. The van der Waals surface area contributed by atoms with E-state index in [-0.39, 0.29) is 12.4 Å². The zero-order valence-corrected chi connectivity index (χ0v) is 17.2. The van der Waals surface area contributed by atoms with Crippen molar-refractivity contribution in [3.63, 3.8) is 0 Å². The van der Waals surface area contributed by atoms with Crippen LogP contribution in [0, 0.1) is 5.82 Å². The molecule has 0 amide bonds. The van der Waals surface area contributed by atoms with Crippen LogP contribution < -0.4 is 14.8 Å². The molecule has 3 aromatic carbocycles. The molecule has 0 aliphatic carbocycles. The maximum atomic E-state index is 13.0. The molecule has 0 saturated heterocycles. The fourth-order valence-corrected chi connectivity index (χ4v) is 3.18. The Labute approximate surface area is 177 Å². The Morgan fingerprint density at radius 3 is 2.25 bits per heavy atom. The first-order valence-corrected chi connectivity index (χ1v) is 9.52. The van der Waals surface area contributed by atoms with Crippen LogP contribution >= 0.6 is 34.8 Å². The number of hydrogen-bond donors (Lipinski definition) is 1. The van der Waals surface area contributed by atoms with Crippen molar-refractivity contribution in [2.75, 3.05) is 12.4 Å². The van der Waals surface area contributed by atoms with Crippen molar-refractivity contribution in [2.24, 2.45) is 0 Å². The summed E-state index contributed by atoms with van der Waals surface area (Å²) >= 11 is 18.4. The molecule has 0 radical (unpaired) electrons. The fourth-order valence-electron chi connectivity index (χ4n) is 2.57. The molecule has 0 spiro atoms. The van der Waals surface area contributed by atoms with Crippen molar-refractivity contribution in [3.8, 4) is 11.5 Å². The molecule has 3 nitrogen and oxygen atoms in total. The van der Waals surface area contributed by atoms with Gasteiger partial charge in [-0.05, 0) is 59.7 Å². The lowest BCUT2D eigenvalue weighted by molar-refractivity contribution is 0.284. The molecule has 0 aromatic heterocycles. The maximum absolute atomic E-state index is 13.0. The molecule has 0 unspecified atom stereocenters. The standard InChI is InChI=1S/C21H17Cl3FNO2/c1-27-20-10-14(11-26-16-5-3-15(25)4-6-16)9-19(24)21(20)28-12-13-2-7-17(22)18(23)8-13/h2-10,26H,11-12H2,1H3. The van der Waals surface area contributed by atoms with Crippen molar-refractivity contribution < 1.29 is 13.9 Å². The van der Waals surface area contributed by atoms with Crippen molar-refractivity contribution in [1.82, 2.24) is 0 Å². The van der Waals surface area contributed by atoms with Gasteiger partial charge < -0.3 is 14.8 Å². The second kappa shape index (κ2) is 9.37. The summed E-state index contributed by atoms with van der Waals surface area (Å²) in [6.07, 6.45) is 0. The second-order valence-electron chi connectivity index (χ2n) is 6.01. The third kappa shape index (κ3) is 5.22. The third-order valence-corrected chi connectivity index (χ3v) is 5.02. The van der Waals surface area contributed by atoms with E-state index in [2.05, 4.69) is 5.32 Å². The zero-order chi connectivity index (χ0) is 20.1. The van der Waals surface area contributed by atoms with Crippen LogP contribution in [0.4, 0.5) is 10.1 Å². The van der Waals surface area contributed by atoms with E-state index in [1.807, 2.05) is 12.1 Å². The topological polar surface area (TPSA) is 30.5 Å². The van der Waals surface area contributed by atoms with E-state index in [1.165, 1.54) is 12.1 Å². The Kier molecular flexibility index (Phi) is 6.89. The molecule has 28 heavy (non-hydrogen) atoms. The first kappa shape index (κ1) is 20.6. The van der Waals surface area contributed by atoms with E-state index in [0.29, 0.717) is 33.1 Å². The van der Waals surface area contributed by atoms with Crippen LogP contribution in [-0.4, -0.2) is 7.11 Å². The molecule has 3 rings (SSSR count). The van der Waals surface area contributed by atoms with Gasteiger partial charge in [0, 0.05) is 12.2 Å². The SMILES string of the molecule is COc1cc(CNc2ccc(F)cc2)cc(Cl)c1OCc1ccc(Cl)c(Cl)c1. The van der Waals surface area contributed by atoms with Crippen LogP contribution in [0.3, 0.4) is 0 Å². The van der Waals surface area contributed by atoms with Crippen LogP contribution in [0.2, 0.25) is 15.1 Å². The summed E-state index contributed by atoms with van der Waals surface area (Å²) < 4.78 is 24.3. The van der Waals surface area contributed by atoms with E-state index in [4.69, 9.17) is 44.3 Å². The average Bonchev–Trinajstić information content (AvgIpc) is 2.69. The summed E-state index contributed by atoms with van der Waals surface area (Å²) in [6, 6.07) is 15.1. The van der Waals surface area contributed by atoms with Gasteiger partial charge in [-0.1, -0.05) is 40.9 Å². The second-order valence-corrected chi connectivity index (χ2v) is 7.23. The maximum Gasteiger partial charge on any atom is 0.180 e. The molecule has 1 N–H and O–H groups in total. The largest absolute Gasteiger partial charge is 0.493 e. The highest BCUT2D eigenvalue weighted by atomic mass is 35.5. The molecule has 146 valence electrons. The molecule has 0 aliphatic rings. The van der Waals surface area contributed by atoms with Crippen LogP contribution in [-0.2, 0) is 13.2 Å². The van der Waals surface area contributed by atoms with Crippen LogP contribution in [0.15, 0.2) is 54.6 Å². The van der Waals surface area contributed by atoms with Crippen LogP contribution in [0.25, 0.3) is 0 Å². The minimum atomic E-state index is -0.279. The highest BCUT2D eigenvalue weighted by molar-refractivity contribution is 6.42. The number of ether oxygens (including phenoxy) is 2. The number of hydrogen-bond acceptors (Lipinski definition) is 3. The molecule has 7 heteroatoms. The summed E-state index contributed by atoms with van der Waals surface area (Å²) in [5.74, 6) is 0.683. The van der Waals surface area contributed by atoms with Gasteiger partial charge in [0.25, 0.3) is 0 Å². The molecule has 0 atom stereocenters. The van der Waals surface area contributed by atoms with Gasteiger partial charge in [0.1, 0.15) is 12.4 Å². The summed E-state index contributed by atoms with van der Waals surface area (Å²) in [6.45, 7) is 0.759. The Morgan fingerprint density at radius 1 is 0.857 bits per heavy atom. The summed E-state index contributed by atoms with van der Waals surface area (Å²) in [5, 5.41) is 4.58. The number of anilines is 1. The third-order valence-electron chi connectivity index (χ3n) is 4.00. The normalized spacial score (nSPS) is 10.6. The van der Waals surface area contributed by atoms with Gasteiger partial charge in [-0.2, -0.15) is 0 Å². The van der Waals surface area contributed by atoms with E-state index < -0.39 is 0 Å². The molecule has 0 aliphatic heterocycles. The summed E-state index contributed by atoms with van der Waals surface area (Å²) in [7, 11) is 1.55. The smallest absolute Gasteiger partial charge is 0.180 e. The van der Waals surface area contributed by atoms with Gasteiger partial charge in [-0.15, -0.1) is 0 Å².